The van der Waals surface area contributed by atoms with Crippen molar-refractivity contribution in [3.63, 3.8) is 0 Å². The molecule has 0 bridgehead atoms. The molecule has 1 saturated heterocycles. The van der Waals surface area contributed by atoms with Crippen LogP contribution in [0.2, 0.25) is 0 Å². The molecule has 0 aliphatic carbocycles. The third-order valence-corrected chi connectivity index (χ3v) is 3.13. The zero-order chi connectivity index (χ0) is 12.2. The van der Waals surface area contributed by atoms with E-state index < -0.39 is 0 Å². The minimum atomic E-state index is -0.321. The van der Waals surface area contributed by atoms with Crippen molar-refractivity contribution in [2.75, 3.05) is 13.1 Å². The maximum absolute atomic E-state index is 11.3. The Hall–Kier alpha value is -0.770. The lowest BCUT2D eigenvalue weighted by atomic mass is 9.77. The molecule has 0 aromatic carbocycles. The maximum Gasteiger partial charge on any atom is 0.407 e. The summed E-state index contributed by atoms with van der Waals surface area (Å²) in [5.41, 5.74) is 0.239. The molecule has 1 unspecified atom stereocenters. The molecular weight excluding hydrogens is 204 g/mol. The van der Waals surface area contributed by atoms with Crippen molar-refractivity contribution in [1.82, 2.24) is 10.6 Å². The van der Waals surface area contributed by atoms with Crippen LogP contribution in [0.4, 0.5) is 4.79 Å². The molecule has 4 nitrogen and oxygen atoms in total. The summed E-state index contributed by atoms with van der Waals surface area (Å²) in [5.74, 6) is 0. The fourth-order valence-electron chi connectivity index (χ4n) is 2.06. The van der Waals surface area contributed by atoms with Gasteiger partial charge in [0.1, 0.15) is 0 Å². The molecular formula is C12H24N2O2. The summed E-state index contributed by atoms with van der Waals surface area (Å²) in [7, 11) is 0. The smallest absolute Gasteiger partial charge is 0.407 e. The van der Waals surface area contributed by atoms with E-state index in [0.717, 1.165) is 6.54 Å². The van der Waals surface area contributed by atoms with E-state index in [0.29, 0.717) is 12.6 Å². The van der Waals surface area contributed by atoms with Gasteiger partial charge in [0, 0.05) is 12.6 Å². The number of nitrogens with one attached hydrogen (secondary N) is 2. The van der Waals surface area contributed by atoms with E-state index >= 15 is 0 Å². The Morgan fingerprint density at radius 2 is 2.25 bits per heavy atom. The van der Waals surface area contributed by atoms with Crippen molar-refractivity contribution in [3.05, 3.63) is 0 Å². The quantitative estimate of drug-likeness (QED) is 0.775. The first-order valence-electron chi connectivity index (χ1n) is 6.09. The average Bonchev–Trinajstić information content (AvgIpc) is 2.14. The summed E-state index contributed by atoms with van der Waals surface area (Å²) in [6.07, 6.45) is 2.02. The van der Waals surface area contributed by atoms with Gasteiger partial charge in [-0.1, -0.05) is 13.8 Å². The van der Waals surface area contributed by atoms with E-state index in [1.165, 1.54) is 12.8 Å². The second kappa shape index (κ2) is 5.53. The number of rotatable bonds is 3. The van der Waals surface area contributed by atoms with E-state index in [1.54, 1.807) is 0 Å². The van der Waals surface area contributed by atoms with Gasteiger partial charge in [0.15, 0.2) is 0 Å². The maximum atomic E-state index is 11.3. The fraction of sp³-hybridized carbons (Fsp3) is 0.917. The molecule has 0 aromatic heterocycles. The van der Waals surface area contributed by atoms with Crippen LogP contribution < -0.4 is 10.6 Å². The van der Waals surface area contributed by atoms with Crippen LogP contribution >= 0.6 is 0 Å². The summed E-state index contributed by atoms with van der Waals surface area (Å²) in [6.45, 7) is 9.84. The minimum absolute atomic E-state index is 0.0627. The van der Waals surface area contributed by atoms with Crippen LogP contribution in [-0.2, 0) is 4.74 Å². The highest BCUT2D eigenvalue weighted by Gasteiger charge is 2.32. The molecule has 0 aromatic rings. The van der Waals surface area contributed by atoms with Crippen LogP contribution in [-0.4, -0.2) is 31.3 Å². The molecule has 1 rings (SSSR count). The molecule has 1 fully saturated rings. The molecule has 1 amide bonds. The number of hydrogen-bond acceptors (Lipinski definition) is 3. The summed E-state index contributed by atoms with van der Waals surface area (Å²) >= 11 is 0. The van der Waals surface area contributed by atoms with Gasteiger partial charge in [0.05, 0.1) is 6.10 Å². The Bertz CT molecular complexity index is 239. The van der Waals surface area contributed by atoms with Gasteiger partial charge in [-0.05, 0) is 38.6 Å². The van der Waals surface area contributed by atoms with Crippen molar-refractivity contribution in [2.24, 2.45) is 5.41 Å². The van der Waals surface area contributed by atoms with Gasteiger partial charge < -0.3 is 15.4 Å². The highest BCUT2D eigenvalue weighted by atomic mass is 16.6. The van der Waals surface area contributed by atoms with Crippen molar-refractivity contribution in [3.8, 4) is 0 Å². The zero-order valence-corrected chi connectivity index (χ0v) is 10.8. The third kappa shape index (κ3) is 4.00. The molecule has 1 aliphatic heterocycles. The molecule has 1 atom stereocenters. The normalized spacial score (nSPS) is 24.2. The first-order chi connectivity index (χ1) is 7.42. The number of carbonyl (C=O) groups is 1. The first-order valence-corrected chi connectivity index (χ1v) is 6.09. The lowest BCUT2D eigenvalue weighted by molar-refractivity contribution is 0.109. The molecule has 16 heavy (non-hydrogen) atoms. The second-order valence-electron chi connectivity index (χ2n) is 5.43. The van der Waals surface area contributed by atoms with Crippen molar-refractivity contribution >= 4 is 6.09 Å². The van der Waals surface area contributed by atoms with E-state index in [9.17, 15) is 4.79 Å². The van der Waals surface area contributed by atoms with E-state index in [4.69, 9.17) is 4.74 Å². The largest absolute Gasteiger partial charge is 0.447 e. The molecule has 2 N–H and O–H groups in total. The van der Waals surface area contributed by atoms with Gasteiger partial charge in [-0.2, -0.15) is 0 Å². The van der Waals surface area contributed by atoms with Crippen LogP contribution in [0.5, 0.6) is 0 Å². The van der Waals surface area contributed by atoms with Crippen LogP contribution in [0.25, 0.3) is 0 Å². The van der Waals surface area contributed by atoms with Crippen LogP contribution in [0.3, 0.4) is 0 Å². The number of hydrogen-bond donors (Lipinski definition) is 2. The minimum Gasteiger partial charge on any atom is -0.447 e. The number of carbonyl (C=O) groups excluding carboxylic acids is 1. The Morgan fingerprint density at radius 1 is 1.56 bits per heavy atom. The lowest BCUT2D eigenvalue weighted by Crippen LogP contribution is -2.53. The number of piperidine rings is 1. The van der Waals surface area contributed by atoms with Crippen LogP contribution in [0.15, 0.2) is 0 Å². The average molecular weight is 228 g/mol. The molecule has 0 radical (unpaired) electrons. The summed E-state index contributed by atoms with van der Waals surface area (Å²) < 4.78 is 5.03. The van der Waals surface area contributed by atoms with E-state index in [-0.39, 0.29) is 17.6 Å². The van der Waals surface area contributed by atoms with E-state index in [2.05, 4.69) is 24.5 Å². The van der Waals surface area contributed by atoms with Crippen molar-refractivity contribution in [2.45, 2.75) is 52.7 Å². The Labute approximate surface area is 98.1 Å². The Morgan fingerprint density at radius 3 is 2.81 bits per heavy atom. The van der Waals surface area contributed by atoms with Crippen molar-refractivity contribution in [1.29, 1.82) is 0 Å². The summed E-state index contributed by atoms with van der Waals surface area (Å²) in [6, 6.07) is 0.334. The van der Waals surface area contributed by atoms with Gasteiger partial charge in [-0.25, -0.2) is 4.79 Å². The Kier molecular flexibility index (Phi) is 4.59. The third-order valence-electron chi connectivity index (χ3n) is 3.13. The molecule has 1 heterocycles. The summed E-state index contributed by atoms with van der Waals surface area (Å²) in [5, 5.41) is 6.26. The second-order valence-corrected chi connectivity index (χ2v) is 5.43. The zero-order valence-electron chi connectivity index (χ0n) is 10.8. The highest BCUT2D eigenvalue weighted by molar-refractivity contribution is 5.67. The topological polar surface area (TPSA) is 50.4 Å². The SMILES string of the molecule is CC(C)OC(=O)NCC1NCCCC1(C)C. The predicted molar refractivity (Wildman–Crippen MR) is 64.4 cm³/mol. The lowest BCUT2D eigenvalue weighted by Gasteiger charge is -2.39. The van der Waals surface area contributed by atoms with Gasteiger partial charge in [0.25, 0.3) is 0 Å². The van der Waals surface area contributed by atoms with E-state index in [1.807, 2.05) is 13.8 Å². The molecule has 4 heteroatoms. The van der Waals surface area contributed by atoms with Crippen LogP contribution in [0, 0.1) is 5.41 Å². The predicted octanol–water partition coefficient (Wildman–Crippen LogP) is 1.90. The molecule has 0 spiro atoms. The van der Waals surface area contributed by atoms with Crippen molar-refractivity contribution < 1.29 is 9.53 Å². The fourth-order valence-corrected chi connectivity index (χ4v) is 2.06. The highest BCUT2D eigenvalue weighted by Crippen LogP contribution is 2.29. The van der Waals surface area contributed by atoms with Crippen LogP contribution in [0.1, 0.15) is 40.5 Å². The molecule has 1 aliphatic rings. The number of alkyl carbamates (subject to hydrolysis) is 1. The summed E-state index contributed by atoms with van der Waals surface area (Å²) in [4.78, 5) is 11.3. The first kappa shape index (κ1) is 13.3. The molecule has 94 valence electrons. The number of amides is 1. The Balaban J connectivity index is 2.33. The van der Waals surface area contributed by atoms with Gasteiger partial charge >= 0.3 is 6.09 Å². The van der Waals surface area contributed by atoms with Gasteiger partial charge in [-0.3, -0.25) is 0 Å². The molecule has 0 saturated carbocycles. The monoisotopic (exact) mass is 228 g/mol. The standard InChI is InChI=1S/C12H24N2O2/c1-9(2)16-11(15)14-8-10-12(3,4)6-5-7-13-10/h9-10,13H,5-8H2,1-4H3,(H,14,15). The van der Waals surface area contributed by atoms with Gasteiger partial charge in [-0.15, -0.1) is 0 Å². The number of ether oxygens (including phenoxy) is 1. The van der Waals surface area contributed by atoms with Gasteiger partial charge in [0.2, 0.25) is 0 Å².